The zero-order valence-corrected chi connectivity index (χ0v) is 10.8. The number of fused-ring (bicyclic) bond motifs is 1. The third-order valence-corrected chi connectivity index (χ3v) is 2.60. The molecule has 3 aromatic rings. The van der Waals surface area contributed by atoms with Gasteiger partial charge in [0.25, 0.3) is 0 Å². The number of para-hydroxylation sites is 2. The van der Waals surface area contributed by atoms with E-state index >= 15 is 0 Å². The Bertz CT molecular complexity index is 670. The second-order valence-electron chi connectivity index (χ2n) is 4.40. The first-order valence-electron chi connectivity index (χ1n) is 5.93. The molecule has 0 radical (unpaired) electrons. The smallest absolute Gasteiger partial charge is 0.159 e. The lowest BCUT2D eigenvalue weighted by Crippen LogP contribution is -2.20. The van der Waals surface area contributed by atoms with Gasteiger partial charge >= 0.3 is 0 Å². The Morgan fingerprint density at radius 3 is 2.74 bits per heavy atom. The largest absolute Gasteiger partial charge is 0.337 e. The summed E-state index contributed by atoms with van der Waals surface area (Å²) >= 11 is 0. The molecule has 0 aliphatic rings. The van der Waals surface area contributed by atoms with Gasteiger partial charge in [-0.1, -0.05) is 12.1 Å². The highest BCUT2D eigenvalue weighted by atomic mass is 15.5. The maximum Gasteiger partial charge on any atom is 0.159 e. The molecule has 0 bridgehead atoms. The molecule has 19 heavy (non-hydrogen) atoms. The Hall–Kier alpha value is -2.47. The highest BCUT2D eigenvalue weighted by Gasteiger charge is 2.07. The molecule has 2 aromatic heterocycles. The van der Waals surface area contributed by atoms with E-state index in [9.17, 15) is 0 Å². The van der Waals surface area contributed by atoms with Crippen molar-refractivity contribution in [1.29, 1.82) is 0 Å². The Labute approximate surface area is 110 Å². The van der Waals surface area contributed by atoms with Crippen LogP contribution in [0.1, 0.15) is 0 Å². The number of H-pyrrole nitrogens is 1. The van der Waals surface area contributed by atoms with Crippen LogP contribution in [0.5, 0.6) is 0 Å². The van der Waals surface area contributed by atoms with Crippen molar-refractivity contribution in [2.75, 3.05) is 19.5 Å². The van der Waals surface area contributed by atoms with Crippen molar-refractivity contribution < 1.29 is 0 Å². The van der Waals surface area contributed by atoms with Gasteiger partial charge in [-0.2, -0.15) is 0 Å². The van der Waals surface area contributed by atoms with Crippen molar-refractivity contribution in [3.05, 3.63) is 36.7 Å². The third kappa shape index (κ3) is 2.38. The first-order chi connectivity index (χ1) is 9.22. The van der Waals surface area contributed by atoms with Gasteiger partial charge in [-0.25, -0.2) is 15.0 Å². The van der Waals surface area contributed by atoms with Gasteiger partial charge in [0, 0.05) is 14.1 Å². The molecule has 0 amide bonds. The van der Waals surface area contributed by atoms with Crippen LogP contribution in [-0.2, 0) is 0 Å². The minimum Gasteiger partial charge on any atom is -0.337 e. The number of imidazole rings is 1. The molecule has 2 heterocycles. The van der Waals surface area contributed by atoms with Crippen LogP contribution in [0.3, 0.4) is 0 Å². The van der Waals surface area contributed by atoms with Gasteiger partial charge < -0.3 is 10.4 Å². The predicted molar refractivity (Wildman–Crippen MR) is 74.4 cm³/mol. The zero-order chi connectivity index (χ0) is 13.2. The number of hydrogen-bond acceptors (Lipinski definition) is 5. The summed E-state index contributed by atoms with van der Waals surface area (Å²) in [5.74, 6) is 1.40. The number of hydrogen-bond donors (Lipinski definition) is 2. The highest BCUT2D eigenvalue weighted by Crippen LogP contribution is 2.18. The molecule has 1 aromatic carbocycles. The van der Waals surface area contributed by atoms with Gasteiger partial charge in [0.2, 0.25) is 0 Å². The SMILES string of the molecule is CN(C)Nc1cncc(-c2nc3ccccc3[nH]2)n1. The fourth-order valence-corrected chi connectivity index (χ4v) is 1.84. The van der Waals surface area contributed by atoms with E-state index in [1.54, 1.807) is 12.4 Å². The van der Waals surface area contributed by atoms with E-state index in [-0.39, 0.29) is 0 Å². The van der Waals surface area contributed by atoms with Crippen molar-refractivity contribution >= 4 is 16.9 Å². The monoisotopic (exact) mass is 254 g/mol. The van der Waals surface area contributed by atoms with E-state index in [1.165, 1.54) is 0 Å². The lowest BCUT2D eigenvalue weighted by Gasteiger charge is -2.12. The number of benzene rings is 1. The fourth-order valence-electron chi connectivity index (χ4n) is 1.84. The van der Waals surface area contributed by atoms with Crippen LogP contribution in [0.25, 0.3) is 22.6 Å². The number of hydrazine groups is 1. The second-order valence-corrected chi connectivity index (χ2v) is 4.40. The van der Waals surface area contributed by atoms with Crippen LogP contribution < -0.4 is 5.43 Å². The maximum absolute atomic E-state index is 4.50. The van der Waals surface area contributed by atoms with Crippen LogP contribution in [0.4, 0.5) is 5.82 Å². The molecule has 0 fully saturated rings. The maximum atomic E-state index is 4.50. The molecule has 0 spiro atoms. The van der Waals surface area contributed by atoms with Crippen molar-refractivity contribution in [3.8, 4) is 11.5 Å². The lowest BCUT2D eigenvalue weighted by molar-refractivity contribution is 0.492. The van der Waals surface area contributed by atoms with E-state index in [4.69, 9.17) is 0 Å². The number of aromatic nitrogens is 4. The van der Waals surface area contributed by atoms with Crippen molar-refractivity contribution in [2.24, 2.45) is 0 Å². The summed E-state index contributed by atoms with van der Waals surface area (Å²) in [6.07, 6.45) is 3.37. The van der Waals surface area contributed by atoms with Gasteiger partial charge in [-0.15, -0.1) is 0 Å². The Kier molecular flexibility index (Phi) is 2.85. The first-order valence-corrected chi connectivity index (χ1v) is 5.93. The lowest BCUT2D eigenvalue weighted by atomic mass is 10.3. The number of anilines is 1. The minimum absolute atomic E-state index is 0.683. The molecule has 2 N–H and O–H groups in total. The average Bonchev–Trinajstić information content (AvgIpc) is 2.82. The summed E-state index contributed by atoms with van der Waals surface area (Å²) < 4.78 is 0. The molecular weight excluding hydrogens is 240 g/mol. The van der Waals surface area contributed by atoms with Crippen LogP contribution in [0.2, 0.25) is 0 Å². The summed E-state index contributed by atoms with van der Waals surface area (Å²) in [7, 11) is 3.80. The van der Waals surface area contributed by atoms with Crippen LogP contribution in [-0.4, -0.2) is 39.0 Å². The van der Waals surface area contributed by atoms with E-state index in [2.05, 4.69) is 25.4 Å². The van der Waals surface area contributed by atoms with E-state index in [0.29, 0.717) is 11.5 Å². The summed E-state index contributed by atoms with van der Waals surface area (Å²) in [6, 6.07) is 7.88. The average molecular weight is 254 g/mol. The fraction of sp³-hybridized carbons (Fsp3) is 0.154. The van der Waals surface area contributed by atoms with Crippen LogP contribution in [0, 0.1) is 0 Å². The second kappa shape index (κ2) is 4.66. The van der Waals surface area contributed by atoms with Gasteiger partial charge in [-0.05, 0) is 12.1 Å². The number of rotatable bonds is 3. The molecule has 96 valence electrons. The summed E-state index contributed by atoms with van der Waals surface area (Å²) in [5.41, 5.74) is 5.69. The summed E-state index contributed by atoms with van der Waals surface area (Å²) in [6.45, 7) is 0. The van der Waals surface area contributed by atoms with Crippen molar-refractivity contribution in [3.63, 3.8) is 0 Å². The van der Waals surface area contributed by atoms with Gasteiger partial charge in [-0.3, -0.25) is 4.98 Å². The first kappa shape index (κ1) is 11.6. The number of nitrogens with one attached hydrogen (secondary N) is 2. The molecule has 0 aliphatic heterocycles. The third-order valence-electron chi connectivity index (χ3n) is 2.60. The zero-order valence-electron chi connectivity index (χ0n) is 10.8. The summed E-state index contributed by atoms with van der Waals surface area (Å²) in [5, 5.41) is 1.81. The molecule has 0 aliphatic carbocycles. The van der Waals surface area contributed by atoms with Crippen molar-refractivity contribution in [2.45, 2.75) is 0 Å². The molecule has 0 saturated carbocycles. The van der Waals surface area contributed by atoms with Crippen LogP contribution >= 0.6 is 0 Å². The Morgan fingerprint density at radius 1 is 1.11 bits per heavy atom. The predicted octanol–water partition coefficient (Wildman–Crippen LogP) is 1.91. The van der Waals surface area contributed by atoms with Gasteiger partial charge in [0.1, 0.15) is 5.69 Å². The molecule has 0 atom stereocenters. The summed E-state index contributed by atoms with van der Waals surface area (Å²) in [4.78, 5) is 16.4. The molecule has 0 unspecified atom stereocenters. The van der Waals surface area contributed by atoms with Gasteiger partial charge in [0.05, 0.1) is 23.4 Å². The highest BCUT2D eigenvalue weighted by molar-refractivity contribution is 5.78. The standard InChI is InChI=1S/C13H14N6/c1-19(2)18-12-8-14-7-11(15-12)13-16-9-5-3-4-6-10(9)17-13/h3-8H,1-2H3,(H,15,18)(H,16,17). The number of nitrogens with zero attached hydrogens (tertiary/aromatic N) is 4. The van der Waals surface area contributed by atoms with E-state index in [1.807, 2.05) is 43.4 Å². The quantitative estimate of drug-likeness (QED) is 0.699. The van der Waals surface area contributed by atoms with E-state index in [0.717, 1.165) is 16.9 Å². The van der Waals surface area contributed by atoms with E-state index < -0.39 is 0 Å². The molecule has 3 rings (SSSR count). The Morgan fingerprint density at radius 2 is 1.95 bits per heavy atom. The van der Waals surface area contributed by atoms with Gasteiger partial charge in [0.15, 0.2) is 11.6 Å². The number of aromatic amines is 1. The molecule has 0 saturated heterocycles. The molecule has 6 nitrogen and oxygen atoms in total. The van der Waals surface area contributed by atoms with Crippen molar-refractivity contribution in [1.82, 2.24) is 24.9 Å². The van der Waals surface area contributed by atoms with Crippen LogP contribution in [0.15, 0.2) is 36.7 Å². The molecular formula is C13H14N6. The topological polar surface area (TPSA) is 69.7 Å². The normalized spacial score (nSPS) is 11.1. The molecule has 6 heteroatoms. The minimum atomic E-state index is 0.683. The Balaban J connectivity index is 2.01.